The van der Waals surface area contributed by atoms with Crippen LogP contribution in [0.5, 0.6) is 0 Å². The summed E-state index contributed by atoms with van der Waals surface area (Å²) in [7, 11) is 0. The van der Waals surface area contributed by atoms with E-state index in [4.69, 9.17) is 0 Å². The molecule has 1 N–H and O–H groups in total. The fourth-order valence-electron chi connectivity index (χ4n) is 4.00. The Morgan fingerprint density at radius 2 is 1.87 bits per heavy atom. The van der Waals surface area contributed by atoms with E-state index in [9.17, 15) is 4.79 Å². The maximum absolute atomic E-state index is 12.4. The van der Waals surface area contributed by atoms with Gasteiger partial charge in [0.1, 0.15) is 0 Å². The second-order valence-corrected chi connectivity index (χ2v) is 7.33. The molecular formula is C20H30N2O. The first kappa shape index (κ1) is 16.5. The van der Waals surface area contributed by atoms with Crippen molar-refractivity contribution in [3.05, 3.63) is 35.4 Å². The molecule has 3 heteroatoms. The maximum atomic E-state index is 12.4. The number of carbonyl (C=O) groups excluding carboxylic acids is 1. The van der Waals surface area contributed by atoms with Crippen molar-refractivity contribution in [3.8, 4) is 0 Å². The van der Waals surface area contributed by atoms with Crippen LogP contribution in [0.4, 0.5) is 0 Å². The summed E-state index contributed by atoms with van der Waals surface area (Å²) < 4.78 is 0. The quantitative estimate of drug-likeness (QED) is 0.917. The SMILES string of the molecule is Cc1cccc(CN2CCC(NC3CCCCC3)CCC2=O)c1. The lowest BCUT2D eigenvalue weighted by Gasteiger charge is -2.28. The Hall–Kier alpha value is -1.35. The van der Waals surface area contributed by atoms with Crippen LogP contribution in [0.2, 0.25) is 0 Å². The molecule has 0 aromatic heterocycles. The van der Waals surface area contributed by atoms with Crippen LogP contribution in [0, 0.1) is 6.92 Å². The second-order valence-electron chi connectivity index (χ2n) is 7.33. The highest BCUT2D eigenvalue weighted by molar-refractivity contribution is 5.76. The molecule has 1 heterocycles. The molecule has 2 fully saturated rings. The van der Waals surface area contributed by atoms with Gasteiger partial charge in [0.05, 0.1) is 0 Å². The van der Waals surface area contributed by atoms with Gasteiger partial charge >= 0.3 is 0 Å². The van der Waals surface area contributed by atoms with Crippen LogP contribution in [0.1, 0.15) is 62.5 Å². The van der Waals surface area contributed by atoms with Crippen LogP contribution >= 0.6 is 0 Å². The summed E-state index contributed by atoms with van der Waals surface area (Å²) in [5, 5.41) is 3.83. The van der Waals surface area contributed by atoms with Crippen molar-refractivity contribution in [2.75, 3.05) is 6.54 Å². The molecule has 1 unspecified atom stereocenters. The van der Waals surface area contributed by atoms with Crippen molar-refractivity contribution in [1.82, 2.24) is 10.2 Å². The fraction of sp³-hybridized carbons (Fsp3) is 0.650. The van der Waals surface area contributed by atoms with Crippen molar-refractivity contribution >= 4 is 5.91 Å². The predicted molar refractivity (Wildman–Crippen MR) is 94.2 cm³/mol. The minimum absolute atomic E-state index is 0.319. The van der Waals surface area contributed by atoms with Gasteiger partial charge in [0.2, 0.25) is 5.91 Å². The molecule has 23 heavy (non-hydrogen) atoms. The molecular weight excluding hydrogens is 284 g/mol. The van der Waals surface area contributed by atoms with E-state index in [0.29, 0.717) is 24.4 Å². The van der Waals surface area contributed by atoms with Gasteiger partial charge in [-0.15, -0.1) is 0 Å². The van der Waals surface area contributed by atoms with E-state index in [1.807, 2.05) is 0 Å². The fourth-order valence-corrected chi connectivity index (χ4v) is 4.00. The third kappa shape index (κ3) is 4.81. The summed E-state index contributed by atoms with van der Waals surface area (Å²) in [6.07, 6.45) is 9.54. The molecule has 1 amide bonds. The van der Waals surface area contributed by atoms with Crippen LogP contribution in [0.25, 0.3) is 0 Å². The summed E-state index contributed by atoms with van der Waals surface area (Å²) in [6.45, 7) is 3.76. The lowest BCUT2D eigenvalue weighted by atomic mass is 9.94. The normalized spacial score (nSPS) is 23.8. The Labute approximate surface area is 140 Å². The zero-order valence-corrected chi connectivity index (χ0v) is 14.4. The number of benzene rings is 1. The Bertz CT molecular complexity index is 522. The average molecular weight is 314 g/mol. The Balaban J connectivity index is 1.54. The third-order valence-electron chi connectivity index (χ3n) is 5.34. The summed E-state index contributed by atoms with van der Waals surface area (Å²) in [5.74, 6) is 0.319. The van der Waals surface area contributed by atoms with Crippen molar-refractivity contribution in [2.24, 2.45) is 0 Å². The number of rotatable bonds is 4. The van der Waals surface area contributed by atoms with Crippen molar-refractivity contribution in [2.45, 2.75) is 76.9 Å². The Morgan fingerprint density at radius 3 is 2.65 bits per heavy atom. The average Bonchev–Trinajstić information content (AvgIpc) is 2.72. The van der Waals surface area contributed by atoms with Gasteiger partial charge in [-0.05, 0) is 38.2 Å². The Morgan fingerprint density at radius 1 is 1.09 bits per heavy atom. The van der Waals surface area contributed by atoms with E-state index in [0.717, 1.165) is 25.9 Å². The van der Waals surface area contributed by atoms with Gasteiger partial charge in [-0.2, -0.15) is 0 Å². The molecule has 0 radical (unpaired) electrons. The third-order valence-corrected chi connectivity index (χ3v) is 5.34. The van der Waals surface area contributed by atoms with E-state index >= 15 is 0 Å². The monoisotopic (exact) mass is 314 g/mol. The Kier molecular flexibility index (Phi) is 5.71. The van der Waals surface area contributed by atoms with E-state index in [2.05, 4.69) is 41.4 Å². The standard InChI is InChI=1S/C20H30N2O/c1-16-6-5-7-17(14-16)15-22-13-12-19(10-11-20(22)23)21-18-8-3-2-4-9-18/h5-7,14,18-19,21H,2-4,8-13,15H2,1H3. The predicted octanol–water partition coefficient (Wildman–Crippen LogP) is 3.80. The number of nitrogens with one attached hydrogen (secondary N) is 1. The van der Waals surface area contributed by atoms with Crippen LogP contribution in [0.3, 0.4) is 0 Å². The number of likely N-dealkylation sites (tertiary alicyclic amines) is 1. The van der Waals surface area contributed by atoms with Crippen LogP contribution < -0.4 is 5.32 Å². The highest BCUT2D eigenvalue weighted by atomic mass is 16.2. The molecule has 3 rings (SSSR count). The minimum atomic E-state index is 0.319. The van der Waals surface area contributed by atoms with Crippen molar-refractivity contribution < 1.29 is 4.79 Å². The number of hydrogen-bond acceptors (Lipinski definition) is 2. The summed E-state index contributed by atoms with van der Waals surface area (Å²) in [6, 6.07) is 9.72. The summed E-state index contributed by atoms with van der Waals surface area (Å²) >= 11 is 0. The zero-order valence-electron chi connectivity index (χ0n) is 14.4. The minimum Gasteiger partial charge on any atom is -0.338 e. The maximum Gasteiger partial charge on any atom is 0.222 e. The topological polar surface area (TPSA) is 32.3 Å². The number of aryl methyl sites for hydroxylation is 1. The molecule has 0 spiro atoms. The molecule has 1 aromatic rings. The first-order chi connectivity index (χ1) is 11.2. The molecule has 1 saturated heterocycles. The molecule has 1 saturated carbocycles. The molecule has 1 atom stereocenters. The van der Waals surface area contributed by atoms with Crippen LogP contribution in [0.15, 0.2) is 24.3 Å². The van der Waals surface area contributed by atoms with Crippen molar-refractivity contribution in [3.63, 3.8) is 0 Å². The molecule has 0 bridgehead atoms. The molecule has 3 nitrogen and oxygen atoms in total. The van der Waals surface area contributed by atoms with Gasteiger partial charge in [0, 0.05) is 31.6 Å². The zero-order chi connectivity index (χ0) is 16.1. The first-order valence-corrected chi connectivity index (χ1v) is 9.30. The lowest BCUT2D eigenvalue weighted by molar-refractivity contribution is -0.131. The van der Waals surface area contributed by atoms with E-state index < -0.39 is 0 Å². The van der Waals surface area contributed by atoms with Gasteiger partial charge < -0.3 is 10.2 Å². The number of carbonyl (C=O) groups is 1. The van der Waals surface area contributed by atoms with Crippen LogP contribution in [-0.4, -0.2) is 29.4 Å². The summed E-state index contributed by atoms with van der Waals surface area (Å²) in [4.78, 5) is 14.5. The lowest BCUT2D eigenvalue weighted by Crippen LogP contribution is -2.40. The highest BCUT2D eigenvalue weighted by Gasteiger charge is 2.24. The highest BCUT2D eigenvalue weighted by Crippen LogP contribution is 2.21. The van der Waals surface area contributed by atoms with Crippen molar-refractivity contribution in [1.29, 1.82) is 0 Å². The van der Waals surface area contributed by atoms with Gasteiger partial charge in [-0.25, -0.2) is 0 Å². The van der Waals surface area contributed by atoms with Gasteiger partial charge in [-0.3, -0.25) is 4.79 Å². The molecule has 1 aliphatic heterocycles. The molecule has 1 aliphatic carbocycles. The smallest absolute Gasteiger partial charge is 0.222 e. The van der Waals surface area contributed by atoms with Gasteiger partial charge in [0.25, 0.3) is 0 Å². The van der Waals surface area contributed by atoms with Gasteiger partial charge in [0.15, 0.2) is 0 Å². The molecule has 126 valence electrons. The van der Waals surface area contributed by atoms with E-state index in [-0.39, 0.29) is 0 Å². The van der Waals surface area contributed by atoms with E-state index in [1.54, 1.807) is 0 Å². The van der Waals surface area contributed by atoms with Gasteiger partial charge in [-0.1, -0.05) is 49.1 Å². The van der Waals surface area contributed by atoms with Crippen LogP contribution in [-0.2, 0) is 11.3 Å². The number of nitrogens with zero attached hydrogens (tertiary/aromatic N) is 1. The molecule has 2 aliphatic rings. The summed E-state index contributed by atoms with van der Waals surface area (Å²) in [5.41, 5.74) is 2.51. The second kappa shape index (κ2) is 7.96. The number of hydrogen-bond donors (Lipinski definition) is 1. The first-order valence-electron chi connectivity index (χ1n) is 9.30. The van der Waals surface area contributed by atoms with E-state index in [1.165, 1.54) is 43.2 Å². The largest absolute Gasteiger partial charge is 0.338 e. The molecule has 1 aromatic carbocycles. The number of amides is 1.